The number of carbonyl (C=O) groups is 1. The number of pyridine rings is 2. The van der Waals surface area contributed by atoms with Gasteiger partial charge in [-0.1, -0.05) is 12.1 Å². The monoisotopic (exact) mass is 356 g/mol. The van der Waals surface area contributed by atoms with Crippen LogP contribution in [0.2, 0.25) is 0 Å². The summed E-state index contributed by atoms with van der Waals surface area (Å²) in [5, 5.41) is 11.7. The summed E-state index contributed by atoms with van der Waals surface area (Å²) in [6.07, 6.45) is 3.56. The van der Waals surface area contributed by atoms with E-state index in [-0.39, 0.29) is 12.5 Å². The van der Waals surface area contributed by atoms with Gasteiger partial charge >= 0.3 is 0 Å². The Morgan fingerprint density at radius 3 is 2.54 bits per heavy atom. The van der Waals surface area contributed by atoms with E-state index in [9.17, 15) is 4.79 Å². The third-order valence-corrected chi connectivity index (χ3v) is 4.41. The molecule has 0 aromatic carbocycles. The summed E-state index contributed by atoms with van der Waals surface area (Å²) in [6.45, 7) is 3.32. The van der Waals surface area contributed by atoms with E-state index < -0.39 is 6.04 Å². The van der Waals surface area contributed by atoms with Gasteiger partial charge in [-0.3, -0.25) is 4.79 Å². The molecular weight excluding hydrogens is 332 g/mol. The zero-order chi connectivity index (χ0) is 18.4. The van der Waals surface area contributed by atoms with Crippen LogP contribution < -0.4 is 20.9 Å². The van der Waals surface area contributed by atoms with Crippen molar-refractivity contribution in [3.8, 4) is 0 Å². The van der Waals surface area contributed by atoms with Crippen LogP contribution in [-0.2, 0) is 11.3 Å². The first-order chi connectivity index (χ1) is 12.7. The van der Waals surface area contributed by atoms with Gasteiger partial charge in [0.1, 0.15) is 17.7 Å². The molecule has 0 aliphatic carbocycles. The fourth-order valence-corrected chi connectivity index (χ4v) is 2.94. The average molecular weight is 356 g/mol. The van der Waals surface area contributed by atoms with Gasteiger partial charge < -0.3 is 26.0 Å². The SMILES string of the molecule is N[C@@H](CO)C(=O)NCc1cccnc1N1CCN(c2ccccn2)CC1. The second-order valence-electron chi connectivity index (χ2n) is 6.16. The fourth-order valence-electron chi connectivity index (χ4n) is 2.94. The van der Waals surface area contributed by atoms with Crippen molar-refractivity contribution in [2.24, 2.45) is 5.73 Å². The van der Waals surface area contributed by atoms with E-state index in [1.165, 1.54) is 0 Å². The number of carbonyl (C=O) groups excluding carboxylic acids is 1. The van der Waals surface area contributed by atoms with Crippen LogP contribution in [0.4, 0.5) is 11.6 Å². The zero-order valence-electron chi connectivity index (χ0n) is 14.6. The van der Waals surface area contributed by atoms with Crippen LogP contribution in [0.1, 0.15) is 5.56 Å². The Balaban J connectivity index is 1.63. The van der Waals surface area contributed by atoms with Gasteiger partial charge in [-0.05, 0) is 18.2 Å². The highest BCUT2D eigenvalue weighted by molar-refractivity contribution is 5.81. The van der Waals surface area contributed by atoms with E-state index in [0.717, 1.165) is 43.4 Å². The molecule has 8 nitrogen and oxygen atoms in total. The number of aliphatic hydroxyl groups excluding tert-OH is 1. The van der Waals surface area contributed by atoms with Crippen LogP contribution in [0, 0.1) is 0 Å². The molecule has 26 heavy (non-hydrogen) atoms. The molecule has 0 bridgehead atoms. The minimum Gasteiger partial charge on any atom is -0.394 e. The van der Waals surface area contributed by atoms with Crippen LogP contribution in [0.15, 0.2) is 42.7 Å². The summed E-state index contributed by atoms with van der Waals surface area (Å²) in [5.74, 6) is 1.48. The van der Waals surface area contributed by atoms with E-state index in [0.29, 0.717) is 6.54 Å². The first kappa shape index (κ1) is 18.1. The topological polar surface area (TPSA) is 108 Å². The maximum Gasteiger partial charge on any atom is 0.239 e. The van der Waals surface area contributed by atoms with Crippen LogP contribution in [0.5, 0.6) is 0 Å². The number of hydrogen-bond acceptors (Lipinski definition) is 7. The maximum atomic E-state index is 11.8. The van der Waals surface area contributed by atoms with Gasteiger partial charge in [0.2, 0.25) is 5.91 Å². The summed E-state index contributed by atoms with van der Waals surface area (Å²) in [6, 6.07) is 8.81. The highest BCUT2D eigenvalue weighted by atomic mass is 16.3. The number of piperazine rings is 1. The molecule has 2 aromatic heterocycles. The molecule has 3 rings (SSSR count). The number of hydrogen-bond donors (Lipinski definition) is 3. The minimum atomic E-state index is -0.906. The molecule has 1 aliphatic heterocycles. The third kappa shape index (κ3) is 4.27. The lowest BCUT2D eigenvalue weighted by molar-refractivity contribution is -0.123. The lowest BCUT2D eigenvalue weighted by Gasteiger charge is -2.36. The van der Waals surface area contributed by atoms with Crippen molar-refractivity contribution < 1.29 is 9.90 Å². The highest BCUT2D eigenvalue weighted by Gasteiger charge is 2.21. The summed E-state index contributed by atoms with van der Waals surface area (Å²) >= 11 is 0. The maximum absolute atomic E-state index is 11.8. The van der Waals surface area contributed by atoms with Crippen molar-refractivity contribution >= 4 is 17.5 Å². The largest absolute Gasteiger partial charge is 0.394 e. The first-order valence-corrected chi connectivity index (χ1v) is 8.68. The Morgan fingerprint density at radius 1 is 1.12 bits per heavy atom. The number of aromatic nitrogens is 2. The first-order valence-electron chi connectivity index (χ1n) is 8.68. The Bertz CT molecular complexity index is 719. The normalized spacial score (nSPS) is 15.6. The average Bonchev–Trinajstić information content (AvgIpc) is 2.72. The van der Waals surface area contributed by atoms with Gasteiger partial charge in [0, 0.05) is 50.7 Å². The Kier molecular flexibility index (Phi) is 5.98. The number of anilines is 2. The molecule has 1 saturated heterocycles. The minimum absolute atomic E-state index is 0.330. The van der Waals surface area contributed by atoms with Crippen molar-refractivity contribution in [3.05, 3.63) is 48.3 Å². The summed E-state index contributed by atoms with van der Waals surface area (Å²) < 4.78 is 0. The van der Waals surface area contributed by atoms with Crippen LogP contribution in [-0.4, -0.2) is 59.8 Å². The number of nitrogens with one attached hydrogen (secondary N) is 1. The second kappa shape index (κ2) is 8.59. The number of nitrogens with zero attached hydrogens (tertiary/aromatic N) is 4. The number of rotatable bonds is 6. The van der Waals surface area contributed by atoms with Gasteiger partial charge in [0.25, 0.3) is 0 Å². The van der Waals surface area contributed by atoms with Gasteiger partial charge in [-0.2, -0.15) is 0 Å². The molecule has 3 heterocycles. The molecule has 1 amide bonds. The van der Waals surface area contributed by atoms with Crippen molar-refractivity contribution in [3.63, 3.8) is 0 Å². The number of amides is 1. The van der Waals surface area contributed by atoms with E-state index in [1.807, 2.05) is 30.3 Å². The molecule has 0 radical (unpaired) electrons. The Labute approximate surface area is 152 Å². The van der Waals surface area contributed by atoms with Crippen molar-refractivity contribution in [2.45, 2.75) is 12.6 Å². The molecule has 0 unspecified atom stereocenters. The van der Waals surface area contributed by atoms with E-state index >= 15 is 0 Å². The number of aliphatic hydroxyl groups is 1. The van der Waals surface area contributed by atoms with Gasteiger partial charge in [-0.15, -0.1) is 0 Å². The van der Waals surface area contributed by atoms with Gasteiger partial charge in [0.15, 0.2) is 0 Å². The van der Waals surface area contributed by atoms with Crippen LogP contribution in [0.25, 0.3) is 0 Å². The van der Waals surface area contributed by atoms with Gasteiger partial charge in [-0.25, -0.2) is 9.97 Å². The lowest BCUT2D eigenvalue weighted by Crippen LogP contribution is -2.47. The van der Waals surface area contributed by atoms with Crippen molar-refractivity contribution in [2.75, 3.05) is 42.6 Å². The van der Waals surface area contributed by atoms with Crippen LogP contribution in [0.3, 0.4) is 0 Å². The van der Waals surface area contributed by atoms with Gasteiger partial charge in [0.05, 0.1) is 6.61 Å². The molecule has 0 saturated carbocycles. The van der Waals surface area contributed by atoms with Crippen molar-refractivity contribution in [1.82, 2.24) is 15.3 Å². The lowest BCUT2D eigenvalue weighted by atomic mass is 10.2. The van der Waals surface area contributed by atoms with E-state index in [2.05, 4.69) is 25.1 Å². The smallest absolute Gasteiger partial charge is 0.239 e. The second-order valence-corrected chi connectivity index (χ2v) is 6.16. The predicted octanol–water partition coefficient (Wildman–Crippen LogP) is -0.261. The Morgan fingerprint density at radius 2 is 1.85 bits per heavy atom. The summed E-state index contributed by atoms with van der Waals surface area (Å²) in [4.78, 5) is 25.2. The molecule has 138 valence electrons. The molecule has 1 aliphatic rings. The Hall–Kier alpha value is -2.71. The molecule has 0 spiro atoms. The van der Waals surface area contributed by atoms with E-state index in [1.54, 1.807) is 12.4 Å². The highest BCUT2D eigenvalue weighted by Crippen LogP contribution is 2.20. The third-order valence-electron chi connectivity index (χ3n) is 4.41. The molecule has 8 heteroatoms. The summed E-state index contributed by atoms with van der Waals surface area (Å²) in [5.41, 5.74) is 6.46. The van der Waals surface area contributed by atoms with Crippen molar-refractivity contribution in [1.29, 1.82) is 0 Å². The van der Waals surface area contributed by atoms with E-state index in [4.69, 9.17) is 10.8 Å². The summed E-state index contributed by atoms with van der Waals surface area (Å²) in [7, 11) is 0. The number of nitrogens with two attached hydrogens (primary N) is 1. The predicted molar refractivity (Wildman–Crippen MR) is 99.8 cm³/mol. The molecule has 1 atom stereocenters. The molecule has 2 aromatic rings. The van der Waals surface area contributed by atoms with Crippen LogP contribution >= 0.6 is 0 Å². The standard InChI is InChI=1S/C18H24N6O2/c19-15(13-25)18(26)22-12-14-4-3-7-21-17(14)24-10-8-23(9-11-24)16-5-1-2-6-20-16/h1-7,15,25H,8-13,19H2,(H,22,26)/t15-/m0/s1. The molecular formula is C18H24N6O2. The quantitative estimate of drug-likeness (QED) is 0.654. The zero-order valence-corrected chi connectivity index (χ0v) is 14.6. The molecule has 1 fully saturated rings. The molecule has 4 N–H and O–H groups in total. The fraction of sp³-hybridized carbons (Fsp3) is 0.389.